The standard InChI is InChI=1S/C25H32N4O/c1-5-27(6-2)25(30)22-12-10-11-21(19-22)24(26-23-13-8-7-9-14-23)29-17-15-28(16-18-29)20(3)4/h7-14,19H,3,5-6,15-18H2,1-2,4H3. The van der Waals surface area contributed by atoms with E-state index in [1.54, 1.807) is 0 Å². The number of nitrogens with zero attached hydrogens (tertiary/aromatic N) is 4. The van der Waals surface area contributed by atoms with Crippen LogP contribution in [0.4, 0.5) is 5.69 Å². The molecule has 0 saturated carbocycles. The van der Waals surface area contributed by atoms with Crippen LogP contribution in [-0.2, 0) is 0 Å². The number of amidine groups is 1. The molecule has 0 unspecified atom stereocenters. The van der Waals surface area contributed by atoms with Crippen LogP contribution in [0.3, 0.4) is 0 Å². The fraction of sp³-hybridized carbons (Fsp3) is 0.360. The Hall–Kier alpha value is -3.08. The predicted octanol–water partition coefficient (Wildman–Crippen LogP) is 4.40. The molecule has 3 rings (SSSR count). The Kier molecular flexibility index (Phi) is 7.28. The molecule has 2 aromatic rings. The lowest BCUT2D eigenvalue weighted by atomic mass is 10.1. The third-order valence-electron chi connectivity index (χ3n) is 5.53. The van der Waals surface area contributed by atoms with Gasteiger partial charge in [0.2, 0.25) is 0 Å². The molecule has 158 valence electrons. The van der Waals surface area contributed by atoms with Gasteiger partial charge in [-0.05, 0) is 45.0 Å². The van der Waals surface area contributed by atoms with Crippen LogP contribution in [0, 0.1) is 0 Å². The number of hydrogen-bond donors (Lipinski definition) is 0. The molecule has 1 amide bonds. The number of hydrogen-bond acceptors (Lipinski definition) is 3. The molecule has 0 radical (unpaired) electrons. The minimum absolute atomic E-state index is 0.0630. The topological polar surface area (TPSA) is 39.1 Å². The molecule has 1 aliphatic rings. The summed E-state index contributed by atoms with van der Waals surface area (Å²) in [4.78, 5) is 24.3. The third kappa shape index (κ3) is 5.09. The molecule has 0 bridgehead atoms. The largest absolute Gasteiger partial charge is 0.372 e. The number of aliphatic imine (C=N–C) groups is 1. The van der Waals surface area contributed by atoms with Gasteiger partial charge in [-0.3, -0.25) is 4.79 Å². The zero-order valence-electron chi connectivity index (χ0n) is 18.3. The molecular formula is C25H32N4O. The van der Waals surface area contributed by atoms with Crippen LogP contribution in [0.25, 0.3) is 0 Å². The number of carbonyl (C=O) groups excluding carboxylic acids is 1. The molecule has 0 aliphatic carbocycles. The number of piperazine rings is 1. The molecule has 1 aliphatic heterocycles. The highest BCUT2D eigenvalue weighted by atomic mass is 16.2. The summed E-state index contributed by atoms with van der Waals surface area (Å²) in [5, 5.41) is 0. The van der Waals surface area contributed by atoms with Crippen molar-refractivity contribution in [1.29, 1.82) is 0 Å². The first-order valence-electron chi connectivity index (χ1n) is 10.7. The smallest absolute Gasteiger partial charge is 0.253 e. The molecule has 0 N–H and O–H groups in total. The van der Waals surface area contributed by atoms with Gasteiger partial charge in [0.25, 0.3) is 5.91 Å². The second kappa shape index (κ2) is 10.1. The van der Waals surface area contributed by atoms with Crippen molar-refractivity contribution in [3.05, 3.63) is 78.0 Å². The van der Waals surface area contributed by atoms with E-state index in [1.807, 2.05) is 73.3 Å². The van der Waals surface area contributed by atoms with Crippen LogP contribution in [0.1, 0.15) is 36.7 Å². The SMILES string of the molecule is C=C(C)N1CCN(C(=Nc2ccccc2)c2cccc(C(=O)N(CC)CC)c2)CC1. The van der Waals surface area contributed by atoms with Crippen molar-refractivity contribution in [2.24, 2.45) is 4.99 Å². The van der Waals surface area contributed by atoms with E-state index in [0.717, 1.165) is 49.0 Å². The van der Waals surface area contributed by atoms with Gasteiger partial charge in [-0.25, -0.2) is 4.99 Å². The van der Waals surface area contributed by atoms with E-state index in [4.69, 9.17) is 4.99 Å². The fourth-order valence-electron chi connectivity index (χ4n) is 3.73. The maximum absolute atomic E-state index is 12.9. The van der Waals surface area contributed by atoms with E-state index in [2.05, 4.69) is 23.3 Å². The van der Waals surface area contributed by atoms with Gasteiger partial charge in [0.05, 0.1) is 5.69 Å². The van der Waals surface area contributed by atoms with Gasteiger partial charge in [0.1, 0.15) is 5.84 Å². The highest BCUT2D eigenvalue weighted by molar-refractivity contribution is 6.03. The normalized spacial score (nSPS) is 14.6. The lowest BCUT2D eigenvalue weighted by Crippen LogP contribution is -2.48. The lowest BCUT2D eigenvalue weighted by Gasteiger charge is -2.38. The van der Waals surface area contributed by atoms with E-state index >= 15 is 0 Å². The van der Waals surface area contributed by atoms with Gasteiger partial charge in [0.15, 0.2) is 0 Å². The molecule has 5 heteroatoms. The van der Waals surface area contributed by atoms with Gasteiger partial charge in [-0.15, -0.1) is 0 Å². The molecule has 1 saturated heterocycles. The zero-order chi connectivity index (χ0) is 21.5. The van der Waals surface area contributed by atoms with Crippen LogP contribution >= 0.6 is 0 Å². The average molecular weight is 405 g/mol. The first kappa shape index (κ1) is 21.6. The Morgan fingerprint density at radius 3 is 2.13 bits per heavy atom. The maximum atomic E-state index is 12.9. The van der Waals surface area contributed by atoms with Crippen LogP contribution in [-0.4, -0.2) is 65.7 Å². The van der Waals surface area contributed by atoms with E-state index in [-0.39, 0.29) is 5.91 Å². The minimum atomic E-state index is 0.0630. The van der Waals surface area contributed by atoms with Crippen LogP contribution in [0.5, 0.6) is 0 Å². The van der Waals surface area contributed by atoms with Crippen molar-refractivity contribution in [1.82, 2.24) is 14.7 Å². The zero-order valence-corrected chi connectivity index (χ0v) is 18.3. The number of carbonyl (C=O) groups is 1. The molecule has 30 heavy (non-hydrogen) atoms. The fourth-order valence-corrected chi connectivity index (χ4v) is 3.73. The summed E-state index contributed by atoms with van der Waals surface area (Å²) in [6.45, 7) is 15.1. The quantitative estimate of drug-likeness (QED) is 0.529. The van der Waals surface area contributed by atoms with Crippen LogP contribution in [0.15, 0.2) is 71.9 Å². The number of benzene rings is 2. The van der Waals surface area contributed by atoms with E-state index in [9.17, 15) is 4.79 Å². The monoisotopic (exact) mass is 404 g/mol. The second-order valence-electron chi connectivity index (χ2n) is 7.54. The Labute approximate surface area is 180 Å². The number of allylic oxidation sites excluding steroid dienone is 1. The average Bonchev–Trinajstić information content (AvgIpc) is 2.79. The Morgan fingerprint density at radius 1 is 0.933 bits per heavy atom. The molecule has 0 aromatic heterocycles. The summed E-state index contributed by atoms with van der Waals surface area (Å²) in [5.74, 6) is 0.977. The van der Waals surface area contributed by atoms with Crippen molar-refractivity contribution in [2.75, 3.05) is 39.3 Å². The number of rotatable bonds is 6. The number of amides is 1. The van der Waals surface area contributed by atoms with Gasteiger partial charge in [-0.2, -0.15) is 0 Å². The summed E-state index contributed by atoms with van der Waals surface area (Å²) >= 11 is 0. The van der Waals surface area contributed by atoms with Crippen LogP contribution < -0.4 is 0 Å². The van der Waals surface area contributed by atoms with Crippen molar-refractivity contribution in [3.63, 3.8) is 0 Å². The summed E-state index contributed by atoms with van der Waals surface area (Å²) in [5.41, 5.74) is 3.69. The first-order valence-corrected chi connectivity index (χ1v) is 10.7. The summed E-state index contributed by atoms with van der Waals surface area (Å²) in [7, 11) is 0. The summed E-state index contributed by atoms with van der Waals surface area (Å²) in [6, 6.07) is 17.9. The van der Waals surface area contributed by atoms with Crippen molar-refractivity contribution in [3.8, 4) is 0 Å². The highest BCUT2D eigenvalue weighted by Gasteiger charge is 2.22. The van der Waals surface area contributed by atoms with Gasteiger partial charge in [-0.1, -0.05) is 36.9 Å². The van der Waals surface area contributed by atoms with Gasteiger partial charge >= 0.3 is 0 Å². The Balaban J connectivity index is 1.95. The summed E-state index contributed by atoms with van der Waals surface area (Å²) < 4.78 is 0. The van der Waals surface area contributed by atoms with E-state index in [0.29, 0.717) is 18.7 Å². The molecule has 1 heterocycles. The van der Waals surface area contributed by atoms with Crippen molar-refractivity contribution < 1.29 is 4.79 Å². The van der Waals surface area contributed by atoms with E-state index in [1.165, 1.54) is 0 Å². The summed E-state index contributed by atoms with van der Waals surface area (Å²) in [6.07, 6.45) is 0. The minimum Gasteiger partial charge on any atom is -0.372 e. The van der Waals surface area contributed by atoms with Gasteiger partial charge in [0, 0.05) is 56.1 Å². The maximum Gasteiger partial charge on any atom is 0.253 e. The Morgan fingerprint density at radius 2 is 1.53 bits per heavy atom. The van der Waals surface area contributed by atoms with Crippen LogP contribution in [0.2, 0.25) is 0 Å². The molecular weight excluding hydrogens is 372 g/mol. The molecule has 2 aromatic carbocycles. The van der Waals surface area contributed by atoms with Gasteiger partial charge < -0.3 is 14.7 Å². The Bertz CT molecular complexity index is 894. The molecule has 5 nitrogen and oxygen atoms in total. The first-order chi connectivity index (χ1) is 14.5. The number of para-hydroxylation sites is 1. The highest BCUT2D eigenvalue weighted by Crippen LogP contribution is 2.19. The third-order valence-corrected chi connectivity index (χ3v) is 5.53. The van der Waals surface area contributed by atoms with Crippen molar-refractivity contribution in [2.45, 2.75) is 20.8 Å². The molecule has 1 fully saturated rings. The predicted molar refractivity (Wildman–Crippen MR) is 124 cm³/mol. The van der Waals surface area contributed by atoms with E-state index < -0.39 is 0 Å². The van der Waals surface area contributed by atoms with Crippen molar-refractivity contribution >= 4 is 17.4 Å². The lowest BCUT2D eigenvalue weighted by molar-refractivity contribution is 0.0773. The molecule has 0 atom stereocenters. The second-order valence-corrected chi connectivity index (χ2v) is 7.54. The molecule has 0 spiro atoms.